The number of rotatable bonds is 5. The summed E-state index contributed by atoms with van der Waals surface area (Å²) in [5.41, 5.74) is 0.949. The van der Waals surface area contributed by atoms with Gasteiger partial charge >= 0.3 is 5.97 Å². The number of aromatic nitrogens is 2. The number of nitrogens with zero attached hydrogens (tertiary/aromatic N) is 2. The van der Waals surface area contributed by atoms with Gasteiger partial charge in [-0.3, -0.25) is 0 Å². The molecule has 2 saturated carbocycles. The zero-order valence-corrected chi connectivity index (χ0v) is 12.4. The molecule has 3 rings (SSSR count). The number of carboxylic acids is 1. The highest BCUT2D eigenvalue weighted by Gasteiger charge is 2.33. The molecule has 0 amide bonds. The Bertz CT molecular complexity index is 522. The van der Waals surface area contributed by atoms with Crippen molar-refractivity contribution in [3.05, 3.63) is 23.3 Å². The quantitative estimate of drug-likeness (QED) is 0.900. The third kappa shape index (κ3) is 3.07. The van der Waals surface area contributed by atoms with Crippen LogP contribution in [0.15, 0.2) is 6.20 Å². The minimum absolute atomic E-state index is 0.106. The van der Waals surface area contributed by atoms with Crippen molar-refractivity contribution < 1.29 is 14.6 Å². The van der Waals surface area contributed by atoms with E-state index in [2.05, 4.69) is 9.97 Å². The van der Waals surface area contributed by atoms with E-state index >= 15 is 0 Å². The Kier molecular flexibility index (Phi) is 4.19. The fourth-order valence-electron chi connectivity index (χ4n) is 3.32. The molecule has 5 heteroatoms. The molecule has 0 spiro atoms. The third-order valence-electron chi connectivity index (χ3n) is 4.62. The lowest BCUT2D eigenvalue weighted by Gasteiger charge is -2.28. The summed E-state index contributed by atoms with van der Waals surface area (Å²) in [6.45, 7) is 0. The first-order valence-electron chi connectivity index (χ1n) is 7.83. The molecule has 2 fully saturated rings. The van der Waals surface area contributed by atoms with Crippen LogP contribution >= 0.6 is 0 Å². The SMILES string of the molecule is COC(c1ncc(C(=O)O)c(C2CC2)n1)C1CCCCC1. The zero-order valence-electron chi connectivity index (χ0n) is 12.4. The number of carboxylic acid groups (broad SMARTS) is 1. The highest BCUT2D eigenvalue weighted by atomic mass is 16.5. The molecule has 1 heterocycles. The number of methoxy groups -OCH3 is 1. The third-order valence-corrected chi connectivity index (χ3v) is 4.62. The maximum atomic E-state index is 11.3. The first-order chi connectivity index (χ1) is 10.2. The van der Waals surface area contributed by atoms with Gasteiger partial charge in [-0.25, -0.2) is 14.8 Å². The van der Waals surface area contributed by atoms with Crippen molar-refractivity contribution in [2.75, 3.05) is 7.11 Å². The van der Waals surface area contributed by atoms with Crippen molar-refractivity contribution in [2.45, 2.75) is 57.0 Å². The smallest absolute Gasteiger partial charge is 0.339 e. The van der Waals surface area contributed by atoms with Crippen LogP contribution in [0.5, 0.6) is 0 Å². The van der Waals surface area contributed by atoms with E-state index in [1.807, 2.05) is 0 Å². The highest BCUT2D eigenvalue weighted by molar-refractivity contribution is 5.88. The lowest BCUT2D eigenvalue weighted by atomic mass is 9.85. The van der Waals surface area contributed by atoms with Gasteiger partial charge in [-0.05, 0) is 31.6 Å². The molecule has 0 aliphatic heterocycles. The van der Waals surface area contributed by atoms with Crippen LogP contribution in [-0.4, -0.2) is 28.2 Å². The van der Waals surface area contributed by atoms with Crippen molar-refractivity contribution >= 4 is 5.97 Å². The van der Waals surface area contributed by atoms with Crippen LogP contribution in [0.4, 0.5) is 0 Å². The van der Waals surface area contributed by atoms with E-state index in [0.717, 1.165) is 25.7 Å². The second-order valence-electron chi connectivity index (χ2n) is 6.16. The molecule has 2 aliphatic rings. The normalized spacial score (nSPS) is 21.2. The molecular weight excluding hydrogens is 268 g/mol. The van der Waals surface area contributed by atoms with Crippen molar-refractivity contribution in [3.8, 4) is 0 Å². The topological polar surface area (TPSA) is 72.3 Å². The average molecular weight is 290 g/mol. The van der Waals surface area contributed by atoms with E-state index < -0.39 is 5.97 Å². The maximum absolute atomic E-state index is 11.3. The number of ether oxygens (including phenoxy) is 1. The summed E-state index contributed by atoms with van der Waals surface area (Å²) in [6.07, 6.45) is 9.44. The summed E-state index contributed by atoms with van der Waals surface area (Å²) >= 11 is 0. The molecule has 1 unspecified atom stereocenters. The Morgan fingerprint density at radius 3 is 2.57 bits per heavy atom. The Labute approximate surface area is 124 Å². The van der Waals surface area contributed by atoms with Gasteiger partial charge in [0.1, 0.15) is 6.10 Å². The van der Waals surface area contributed by atoms with Gasteiger partial charge in [0.25, 0.3) is 0 Å². The Balaban J connectivity index is 1.89. The van der Waals surface area contributed by atoms with E-state index in [0.29, 0.717) is 23.4 Å². The lowest BCUT2D eigenvalue weighted by Crippen LogP contribution is -2.21. The lowest BCUT2D eigenvalue weighted by molar-refractivity contribution is 0.0286. The molecule has 0 radical (unpaired) electrons. The minimum Gasteiger partial charge on any atom is -0.478 e. The second kappa shape index (κ2) is 6.10. The molecule has 1 aromatic heterocycles. The maximum Gasteiger partial charge on any atom is 0.339 e. The van der Waals surface area contributed by atoms with E-state index in [1.165, 1.54) is 25.5 Å². The van der Waals surface area contributed by atoms with Crippen LogP contribution in [0.25, 0.3) is 0 Å². The molecule has 1 aromatic rings. The Morgan fingerprint density at radius 2 is 2.00 bits per heavy atom. The van der Waals surface area contributed by atoms with Gasteiger partial charge in [0.15, 0.2) is 5.82 Å². The minimum atomic E-state index is -0.935. The van der Waals surface area contributed by atoms with Crippen LogP contribution in [0.3, 0.4) is 0 Å². The van der Waals surface area contributed by atoms with Gasteiger partial charge in [0, 0.05) is 19.2 Å². The average Bonchev–Trinajstić information content (AvgIpc) is 3.33. The predicted octanol–water partition coefficient (Wildman–Crippen LogP) is 3.32. The molecule has 1 N–H and O–H groups in total. The molecule has 21 heavy (non-hydrogen) atoms. The van der Waals surface area contributed by atoms with E-state index in [-0.39, 0.29) is 11.7 Å². The fourth-order valence-corrected chi connectivity index (χ4v) is 3.32. The van der Waals surface area contributed by atoms with Crippen LogP contribution in [-0.2, 0) is 4.74 Å². The monoisotopic (exact) mass is 290 g/mol. The van der Waals surface area contributed by atoms with E-state index in [1.54, 1.807) is 7.11 Å². The van der Waals surface area contributed by atoms with Gasteiger partial charge in [0.05, 0.1) is 11.3 Å². The van der Waals surface area contributed by atoms with Crippen LogP contribution < -0.4 is 0 Å². The summed E-state index contributed by atoms with van der Waals surface area (Å²) in [5, 5.41) is 9.27. The summed E-state index contributed by atoms with van der Waals surface area (Å²) in [6, 6.07) is 0. The van der Waals surface area contributed by atoms with Crippen molar-refractivity contribution in [2.24, 2.45) is 5.92 Å². The molecule has 114 valence electrons. The molecule has 2 aliphatic carbocycles. The molecule has 1 atom stereocenters. The van der Waals surface area contributed by atoms with E-state index in [9.17, 15) is 9.90 Å². The molecule has 0 saturated heterocycles. The largest absolute Gasteiger partial charge is 0.478 e. The summed E-state index contributed by atoms with van der Waals surface area (Å²) in [5.74, 6) is 0.472. The Hall–Kier alpha value is -1.49. The number of carbonyl (C=O) groups is 1. The first-order valence-corrected chi connectivity index (χ1v) is 7.83. The molecular formula is C16H22N2O3. The molecule has 0 aromatic carbocycles. The Morgan fingerprint density at radius 1 is 1.29 bits per heavy atom. The predicted molar refractivity (Wildman–Crippen MR) is 77.3 cm³/mol. The van der Waals surface area contributed by atoms with Gasteiger partial charge in [-0.1, -0.05) is 19.3 Å². The van der Waals surface area contributed by atoms with Crippen molar-refractivity contribution in [3.63, 3.8) is 0 Å². The highest BCUT2D eigenvalue weighted by Crippen LogP contribution is 2.42. The molecule has 0 bridgehead atoms. The number of hydrogen-bond acceptors (Lipinski definition) is 4. The van der Waals surface area contributed by atoms with Crippen LogP contribution in [0.1, 0.15) is 78.8 Å². The molecule has 5 nitrogen and oxygen atoms in total. The van der Waals surface area contributed by atoms with Gasteiger partial charge in [0.2, 0.25) is 0 Å². The van der Waals surface area contributed by atoms with E-state index in [4.69, 9.17) is 4.74 Å². The van der Waals surface area contributed by atoms with Gasteiger partial charge < -0.3 is 9.84 Å². The van der Waals surface area contributed by atoms with Crippen LogP contribution in [0, 0.1) is 5.92 Å². The number of hydrogen-bond donors (Lipinski definition) is 1. The van der Waals surface area contributed by atoms with Gasteiger partial charge in [-0.2, -0.15) is 0 Å². The summed E-state index contributed by atoms with van der Waals surface area (Å²) < 4.78 is 5.66. The number of aromatic carboxylic acids is 1. The standard InChI is InChI=1S/C16H22N2O3/c1-21-14(11-5-3-2-4-6-11)15-17-9-12(16(19)20)13(18-15)10-7-8-10/h9-11,14H,2-8H2,1H3,(H,19,20). The first kappa shape index (κ1) is 14.4. The van der Waals surface area contributed by atoms with Crippen molar-refractivity contribution in [1.82, 2.24) is 9.97 Å². The van der Waals surface area contributed by atoms with Gasteiger partial charge in [-0.15, -0.1) is 0 Å². The van der Waals surface area contributed by atoms with Crippen molar-refractivity contribution in [1.29, 1.82) is 0 Å². The summed E-state index contributed by atoms with van der Waals surface area (Å²) in [7, 11) is 1.70. The zero-order chi connectivity index (χ0) is 14.8. The second-order valence-corrected chi connectivity index (χ2v) is 6.16. The fraction of sp³-hybridized carbons (Fsp3) is 0.688. The van der Waals surface area contributed by atoms with Crippen LogP contribution in [0.2, 0.25) is 0 Å². The summed E-state index contributed by atoms with van der Waals surface area (Å²) in [4.78, 5) is 20.2.